The van der Waals surface area contributed by atoms with E-state index in [9.17, 15) is 18.6 Å². The van der Waals surface area contributed by atoms with Crippen LogP contribution in [0.3, 0.4) is 0 Å². The van der Waals surface area contributed by atoms with Crippen molar-refractivity contribution in [2.75, 3.05) is 0 Å². The molecule has 0 aliphatic rings. The molecule has 0 aliphatic heterocycles. The highest BCUT2D eigenvalue weighted by Crippen LogP contribution is 2.36. The van der Waals surface area contributed by atoms with Crippen molar-refractivity contribution in [3.63, 3.8) is 0 Å². The lowest BCUT2D eigenvalue weighted by Gasteiger charge is -2.17. The van der Waals surface area contributed by atoms with Gasteiger partial charge in [-0.2, -0.15) is 0 Å². The fraction of sp³-hybridized carbons (Fsp3) is 0.769. The van der Waals surface area contributed by atoms with Crippen LogP contribution in [0, 0.1) is 0 Å². The maximum atomic E-state index is 14.7. The molecule has 0 bridgehead atoms. The third-order valence-corrected chi connectivity index (χ3v) is 14.0. The molecule has 57 heavy (non-hydrogen) atoms. The van der Waals surface area contributed by atoms with E-state index in [0.29, 0.717) is 47.0 Å². The van der Waals surface area contributed by atoms with Gasteiger partial charge in [0.1, 0.15) is 11.5 Å². The lowest BCUT2D eigenvalue weighted by Crippen LogP contribution is -2.07. The van der Waals surface area contributed by atoms with Gasteiger partial charge in [0, 0.05) is 0 Å². The molecule has 0 saturated carbocycles. The Bertz CT molecular complexity index is 1220. The fourth-order valence-electron chi connectivity index (χ4n) is 8.46. The molecule has 0 spiro atoms. The van der Waals surface area contributed by atoms with E-state index in [1.54, 1.807) is 24.3 Å². The van der Waals surface area contributed by atoms with E-state index in [4.69, 9.17) is 0 Å². The quantitative estimate of drug-likeness (QED) is 0.0663. The summed E-state index contributed by atoms with van der Waals surface area (Å²) in [5.41, 5.74) is 3.09. The molecule has 2 N–H and O–H groups in total. The number of rotatable bonds is 38. The first-order valence-corrected chi connectivity index (χ1v) is 26.2. The summed E-state index contributed by atoms with van der Waals surface area (Å²) >= 11 is 0. The van der Waals surface area contributed by atoms with Gasteiger partial charge in [-0.25, -0.2) is 8.42 Å². The predicted molar refractivity (Wildman–Crippen MR) is 247 cm³/mol. The van der Waals surface area contributed by atoms with Crippen molar-refractivity contribution < 1.29 is 18.6 Å². The van der Waals surface area contributed by atoms with Crippen molar-refractivity contribution in [1.82, 2.24) is 0 Å². The molecule has 328 valence electrons. The highest BCUT2D eigenvalue weighted by Gasteiger charge is 2.24. The third kappa shape index (κ3) is 21.7. The SMILES string of the molecule is CCCCCCCCCCc1cc(S(=O)(=O)c2cc(CCCCCCCCCC)c(O)c(CCCCCCCCCC)c2)cc(CCCCCCCCCC)c1O. The van der Waals surface area contributed by atoms with Crippen LogP contribution in [-0.4, -0.2) is 18.6 Å². The van der Waals surface area contributed by atoms with Crippen molar-refractivity contribution in [2.24, 2.45) is 0 Å². The molecule has 0 heterocycles. The number of hydrogen-bond acceptors (Lipinski definition) is 4. The predicted octanol–water partition coefficient (Wildman–Crippen LogP) is 16.7. The largest absolute Gasteiger partial charge is 0.507 e. The van der Waals surface area contributed by atoms with Crippen molar-refractivity contribution in [2.45, 2.75) is 269 Å². The number of aromatic hydroxyl groups is 2. The summed E-state index contributed by atoms with van der Waals surface area (Å²) in [4.78, 5) is 0.595. The van der Waals surface area contributed by atoms with Gasteiger partial charge in [-0.15, -0.1) is 0 Å². The molecule has 2 aromatic carbocycles. The minimum Gasteiger partial charge on any atom is -0.507 e. The first-order chi connectivity index (χ1) is 27.8. The minimum atomic E-state index is -3.88. The second-order valence-corrected chi connectivity index (χ2v) is 19.5. The lowest BCUT2D eigenvalue weighted by atomic mass is 9.98. The maximum absolute atomic E-state index is 14.7. The fourth-order valence-corrected chi connectivity index (χ4v) is 9.92. The van der Waals surface area contributed by atoms with Crippen LogP contribution in [0.25, 0.3) is 0 Å². The van der Waals surface area contributed by atoms with Gasteiger partial charge in [0.25, 0.3) is 0 Å². The Balaban J connectivity index is 2.32. The molecular weight excluding hydrogens is 721 g/mol. The van der Waals surface area contributed by atoms with Gasteiger partial charge in [-0.1, -0.05) is 207 Å². The zero-order valence-electron chi connectivity index (χ0n) is 37.9. The number of phenolic OH excluding ortho intramolecular Hbond substituents is 2. The van der Waals surface area contributed by atoms with Crippen LogP contribution < -0.4 is 0 Å². The molecule has 0 amide bonds. The molecule has 0 fully saturated rings. The summed E-state index contributed by atoms with van der Waals surface area (Å²) in [6.07, 6.45) is 41.3. The van der Waals surface area contributed by atoms with Crippen molar-refractivity contribution in [3.05, 3.63) is 46.5 Å². The lowest BCUT2D eigenvalue weighted by molar-refractivity contribution is 0.455. The van der Waals surface area contributed by atoms with Gasteiger partial charge in [-0.3, -0.25) is 0 Å². The van der Waals surface area contributed by atoms with E-state index in [-0.39, 0.29) is 0 Å². The van der Waals surface area contributed by atoms with Crippen LogP contribution in [0.5, 0.6) is 11.5 Å². The van der Waals surface area contributed by atoms with E-state index >= 15 is 0 Å². The minimum absolute atomic E-state index is 0.297. The van der Waals surface area contributed by atoms with Gasteiger partial charge in [0.15, 0.2) is 0 Å². The Morgan fingerprint density at radius 1 is 0.316 bits per heavy atom. The molecule has 0 radical (unpaired) electrons. The molecule has 0 aliphatic carbocycles. The van der Waals surface area contributed by atoms with Crippen LogP contribution >= 0.6 is 0 Å². The first-order valence-electron chi connectivity index (χ1n) is 24.7. The Hall–Kier alpha value is -2.01. The van der Waals surface area contributed by atoms with Crippen molar-refractivity contribution in [1.29, 1.82) is 0 Å². The van der Waals surface area contributed by atoms with Gasteiger partial charge < -0.3 is 10.2 Å². The summed E-state index contributed by atoms with van der Waals surface area (Å²) in [7, 11) is -3.88. The van der Waals surface area contributed by atoms with Crippen LogP contribution in [0.15, 0.2) is 34.1 Å². The average Bonchev–Trinajstić information content (AvgIpc) is 3.20. The molecule has 0 atom stereocenters. The summed E-state index contributed by atoms with van der Waals surface area (Å²) in [6.45, 7) is 9.00. The molecule has 0 saturated heterocycles. The van der Waals surface area contributed by atoms with Crippen molar-refractivity contribution >= 4 is 9.84 Å². The van der Waals surface area contributed by atoms with Crippen LogP contribution in [0.4, 0.5) is 0 Å². The number of unbranched alkanes of at least 4 members (excludes halogenated alkanes) is 28. The average molecular weight is 811 g/mol. The Morgan fingerprint density at radius 2 is 0.491 bits per heavy atom. The molecule has 5 heteroatoms. The zero-order chi connectivity index (χ0) is 41.4. The van der Waals surface area contributed by atoms with Crippen molar-refractivity contribution in [3.8, 4) is 11.5 Å². The smallest absolute Gasteiger partial charge is 0.206 e. The van der Waals surface area contributed by atoms with Gasteiger partial charge >= 0.3 is 0 Å². The van der Waals surface area contributed by atoms with Gasteiger partial charge in [0.05, 0.1) is 9.79 Å². The molecule has 2 aromatic rings. The molecule has 4 nitrogen and oxygen atoms in total. The topological polar surface area (TPSA) is 74.6 Å². The zero-order valence-corrected chi connectivity index (χ0v) is 38.7. The van der Waals surface area contributed by atoms with Crippen LogP contribution in [0.2, 0.25) is 0 Å². The molecule has 2 rings (SSSR count). The van der Waals surface area contributed by atoms with E-state index in [0.717, 1.165) is 73.6 Å². The molecular formula is C52H90O4S. The Kier molecular flexibility index (Phi) is 29.4. The maximum Gasteiger partial charge on any atom is 0.206 e. The van der Waals surface area contributed by atoms with E-state index in [1.807, 2.05) is 0 Å². The Labute approximate surface area is 353 Å². The summed E-state index contributed by atoms with van der Waals surface area (Å²) in [5.74, 6) is 0.604. The standard InChI is InChI=1S/C52H90O4S/c1-5-9-13-17-21-25-29-33-37-45-41-49(42-46(51(45)53)38-34-30-26-22-18-14-10-6-2)57(55,56)50-43-47(39-35-31-27-23-19-15-11-7-3)52(54)48(44-50)40-36-32-28-24-20-16-12-8-4/h41-44,53-54H,5-40H2,1-4H3. The second-order valence-electron chi connectivity index (χ2n) is 17.6. The number of sulfone groups is 1. The molecule has 0 aromatic heterocycles. The van der Waals surface area contributed by atoms with Gasteiger partial charge in [-0.05, 0) is 97.9 Å². The molecule has 0 unspecified atom stereocenters. The highest BCUT2D eigenvalue weighted by atomic mass is 32.2. The summed E-state index contributed by atoms with van der Waals surface area (Å²) in [6, 6.07) is 7.08. The number of aryl methyl sites for hydroxylation is 4. The normalized spacial score (nSPS) is 11.9. The second kappa shape index (κ2) is 32.8. The highest BCUT2D eigenvalue weighted by molar-refractivity contribution is 7.91. The van der Waals surface area contributed by atoms with Crippen LogP contribution in [-0.2, 0) is 35.5 Å². The van der Waals surface area contributed by atoms with Crippen LogP contribution in [0.1, 0.15) is 255 Å². The van der Waals surface area contributed by atoms with E-state index in [1.165, 1.54) is 154 Å². The van der Waals surface area contributed by atoms with E-state index in [2.05, 4.69) is 27.7 Å². The third-order valence-electron chi connectivity index (χ3n) is 12.3. The number of phenols is 2. The van der Waals surface area contributed by atoms with Gasteiger partial charge in [0.2, 0.25) is 9.84 Å². The summed E-state index contributed by atoms with van der Waals surface area (Å²) in [5, 5.41) is 23.1. The monoisotopic (exact) mass is 811 g/mol. The Morgan fingerprint density at radius 3 is 0.684 bits per heavy atom. The first kappa shape index (κ1) is 51.1. The van der Waals surface area contributed by atoms with E-state index < -0.39 is 9.84 Å². The summed E-state index contributed by atoms with van der Waals surface area (Å²) < 4.78 is 29.4. The number of hydrogen-bond donors (Lipinski definition) is 2. The number of benzene rings is 2.